The number of benzene rings is 2. The average Bonchev–Trinajstić information content (AvgIpc) is 3.13. The van der Waals surface area contributed by atoms with Crippen molar-refractivity contribution in [3.8, 4) is 11.6 Å². The predicted molar refractivity (Wildman–Crippen MR) is 117 cm³/mol. The Bertz CT molecular complexity index is 1190. The zero-order chi connectivity index (χ0) is 21.1. The molecule has 152 valence electrons. The van der Waals surface area contributed by atoms with Gasteiger partial charge >= 0.3 is 5.97 Å². The van der Waals surface area contributed by atoms with Gasteiger partial charge in [-0.05, 0) is 47.9 Å². The molecule has 0 bridgehead atoms. The summed E-state index contributed by atoms with van der Waals surface area (Å²) < 4.78 is 9.04. The number of aromatic nitrogens is 3. The average molecular weight is 467 g/mol. The van der Waals surface area contributed by atoms with Crippen LogP contribution in [0.15, 0.2) is 71.6 Å². The number of hydrogen-bond donors (Lipinski definition) is 2. The van der Waals surface area contributed by atoms with Crippen LogP contribution >= 0.6 is 15.9 Å². The molecule has 4 aromatic rings. The van der Waals surface area contributed by atoms with Crippen molar-refractivity contribution in [2.45, 2.75) is 19.0 Å². The van der Waals surface area contributed by atoms with Crippen molar-refractivity contribution in [2.75, 3.05) is 0 Å². The molecule has 30 heavy (non-hydrogen) atoms. The van der Waals surface area contributed by atoms with Gasteiger partial charge in [-0.1, -0.05) is 40.2 Å². The molecule has 0 amide bonds. The van der Waals surface area contributed by atoms with Crippen LogP contribution in [0.3, 0.4) is 0 Å². The van der Waals surface area contributed by atoms with E-state index in [4.69, 9.17) is 15.6 Å². The number of hydrogen-bond acceptors (Lipinski definition) is 5. The topological polar surface area (TPSA) is 103 Å². The molecule has 2 heterocycles. The molecule has 0 saturated heterocycles. The van der Waals surface area contributed by atoms with Gasteiger partial charge in [0, 0.05) is 17.2 Å². The van der Waals surface area contributed by atoms with Crippen LogP contribution in [-0.2, 0) is 17.8 Å². The molecule has 8 heteroatoms. The number of aliphatic carboxylic acids is 1. The third kappa shape index (κ3) is 4.50. The van der Waals surface area contributed by atoms with Gasteiger partial charge in [0.25, 0.3) is 0 Å². The second-order valence-electron chi connectivity index (χ2n) is 6.88. The van der Waals surface area contributed by atoms with Crippen molar-refractivity contribution in [3.05, 3.63) is 82.7 Å². The first-order valence-electron chi connectivity index (χ1n) is 9.29. The molecule has 0 radical (unpaired) electrons. The highest BCUT2D eigenvalue weighted by molar-refractivity contribution is 9.10. The Kier molecular flexibility index (Phi) is 5.78. The van der Waals surface area contributed by atoms with Gasteiger partial charge in [0.2, 0.25) is 5.88 Å². The summed E-state index contributed by atoms with van der Waals surface area (Å²) in [6, 6.07) is 16.3. The predicted octanol–water partition coefficient (Wildman–Crippen LogP) is 3.99. The molecule has 2 aromatic carbocycles. The Labute approximate surface area is 181 Å². The lowest BCUT2D eigenvalue weighted by molar-refractivity contribution is -0.138. The summed E-state index contributed by atoms with van der Waals surface area (Å²) in [5.41, 5.74) is 8.34. The third-order valence-corrected chi connectivity index (χ3v) is 5.17. The maximum atomic E-state index is 10.9. The maximum Gasteiger partial charge on any atom is 0.320 e. The lowest BCUT2D eigenvalue weighted by Crippen LogP contribution is -2.32. The number of nitrogens with two attached hydrogens (primary N) is 1. The van der Waals surface area contributed by atoms with Crippen LogP contribution in [0.2, 0.25) is 0 Å². The van der Waals surface area contributed by atoms with Crippen molar-refractivity contribution < 1.29 is 14.6 Å². The molecular weight excluding hydrogens is 448 g/mol. The molecule has 0 aliphatic rings. The van der Waals surface area contributed by atoms with Gasteiger partial charge in [-0.3, -0.25) is 4.79 Å². The monoisotopic (exact) mass is 466 g/mol. The summed E-state index contributed by atoms with van der Waals surface area (Å²) in [6.45, 7) is 0.678. The second-order valence-corrected chi connectivity index (χ2v) is 7.80. The van der Waals surface area contributed by atoms with E-state index in [1.54, 1.807) is 24.3 Å². The number of carbonyl (C=O) groups is 1. The maximum absolute atomic E-state index is 10.9. The van der Waals surface area contributed by atoms with Crippen LogP contribution in [0.25, 0.3) is 11.0 Å². The van der Waals surface area contributed by atoms with Crippen molar-refractivity contribution >= 4 is 32.9 Å². The summed E-state index contributed by atoms with van der Waals surface area (Å²) in [7, 11) is 0. The molecule has 0 fully saturated rings. The van der Waals surface area contributed by atoms with Crippen molar-refractivity contribution in [1.29, 1.82) is 0 Å². The van der Waals surface area contributed by atoms with Gasteiger partial charge in [0.15, 0.2) is 0 Å². The molecule has 4 rings (SSSR count). The van der Waals surface area contributed by atoms with Crippen LogP contribution in [0.5, 0.6) is 11.6 Å². The lowest BCUT2D eigenvalue weighted by Gasteiger charge is -2.09. The quantitative estimate of drug-likeness (QED) is 0.426. The van der Waals surface area contributed by atoms with E-state index in [9.17, 15) is 4.79 Å². The smallest absolute Gasteiger partial charge is 0.320 e. The van der Waals surface area contributed by atoms with Gasteiger partial charge in [0.1, 0.15) is 23.8 Å². The third-order valence-electron chi connectivity index (χ3n) is 4.67. The fourth-order valence-electron chi connectivity index (χ4n) is 3.17. The summed E-state index contributed by atoms with van der Waals surface area (Å²) in [5, 5.41) is 9.74. The number of fused-ring (bicyclic) bond motifs is 1. The molecule has 0 spiro atoms. The number of carboxylic acid groups (broad SMARTS) is 1. The van der Waals surface area contributed by atoms with Gasteiger partial charge < -0.3 is 20.1 Å². The summed E-state index contributed by atoms with van der Waals surface area (Å²) >= 11 is 3.50. The van der Waals surface area contributed by atoms with Gasteiger partial charge in [-0.2, -0.15) is 0 Å². The van der Waals surface area contributed by atoms with E-state index in [-0.39, 0.29) is 6.42 Å². The van der Waals surface area contributed by atoms with E-state index in [2.05, 4.69) is 38.0 Å². The zero-order valence-electron chi connectivity index (χ0n) is 15.9. The van der Waals surface area contributed by atoms with E-state index < -0.39 is 12.0 Å². The van der Waals surface area contributed by atoms with E-state index in [0.29, 0.717) is 18.2 Å². The number of carboxylic acids is 1. The fourth-order valence-corrected chi connectivity index (χ4v) is 3.61. The van der Waals surface area contributed by atoms with Crippen LogP contribution in [0, 0.1) is 0 Å². The minimum atomic E-state index is -1.02. The van der Waals surface area contributed by atoms with Crippen molar-refractivity contribution in [2.24, 2.45) is 5.73 Å². The molecule has 0 aliphatic heterocycles. The van der Waals surface area contributed by atoms with E-state index in [0.717, 1.165) is 26.6 Å². The van der Waals surface area contributed by atoms with E-state index in [1.807, 2.05) is 29.0 Å². The summed E-state index contributed by atoms with van der Waals surface area (Å²) in [5.74, 6) is 0.0384. The lowest BCUT2D eigenvalue weighted by atomic mass is 10.1. The van der Waals surface area contributed by atoms with Crippen molar-refractivity contribution in [3.63, 3.8) is 0 Å². The molecule has 2 aromatic heterocycles. The minimum Gasteiger partial charge on any atom is -0.480 e. The van der Waals surface area contributed by atoms with E-state index >= 15 is 0 Å². The summed E-state index contributed by atoms with van der Waals surface area (Å²) in [6.07, 6.45) is 3.70. The molecular formula is C22H19BrN4O3. The molecule has 0 aliphatic carbocycles. The van der Waals surface area contributed by atoms with Gasteiger partial charge in [-0.15, -0.1) is 0 Å². The fraction of sp³-hybridized carbons (Fsp3) is 0.136. The highest BCUT2D eigenvalue weighted by Crippen LogP contribution is 2.28. The Hall–Kier alpha value is -3.23. The molecule has 3 N–H and O–H groups in total. The first kappa shape index (κ1) is 20.1. The summed E-state index contributed by atoms with van der Waals surface area (Å²) in [4.78, 5) is 19.6. The van der Waals surface area contributed by atoms with Gasteiger partial charge in [0.05, 0.1) is 5.39 Å². The van der Waals surface area contributed by atoms with Gasteiger partial charge in [-0.25, -0.2) is 9.97 Å². The normalized spacial score (nSPS) is 12.1. The van der Waals surface area contributed by atoms with Crippen LogP contribution in [0.1, 0.15) is 11.1 Å². The van der Waals surface area contributed by atoms with E-state index in [1.165, 1.54) is 6.33 Å². The molecule has 1 atom stereocenters. The molecule has 7 nitrogen and oxygen atoms in total. The number of nitrogens with zero attached hydrogens (tertiary/aromatic N) is 3. The number of rotatable bonds is 7. The molecule has 0 saturated carbocycles. The second kappa shape index (κ2) is 8.64. The van der Waals surface area contributed by atoms with Crippen LogP contribution in [0.4, 0.5) is 0 Å². The van der Waals surface area contributed by atoms with Crippen molar-refractivity contribution in [1.82, 2.24) is 14.5 Å². The minimum absolute atomic E-state index is 0.256. The highest BCUT2D eigenvalue weighted by Gasteiger charge is 2.13. The Morgan fingerprint density at radius 2 is 1.93 bits per heavy atom. The number of halogens is 1. The first-order chi connectivity index (χ1) is 14.5. The zero-order valence-corrected chi connectivity index (χ0v) is 17.5. The number of ether oxygens (including phenoxy) is 1. The highest BCUT2D eigenvalue weighted by atomic mass is 79.9. The van der Waals surface area contributed by atoms with Crippen LogP contribution < -0.4 is 10.5 Å². The first-order valence-corrected chi connectivity index (χ1v) is 10.1. The molecule has 0 unspecified atom stereocenters. The Morgan fingerprint density at radius 1 is 1.13 bits per heavy atom. The standard InChI is InChI=1S/C22H19BrN4O3/c23-16-3-1-2-15(10-16)12-27-9-8-18-20(27)25-13-26-21(18)30-17-6-4-14(5-7-17)11-19(24)22(28)29/h1-10,13,19H,11-12,24H2,(H,28,29)/t19-/m0/s1. The Balaban J connectivity index is 1.54. The Morgan fingerprint density at radius 3 is 2.67 bits per heavy atom. The SMILES string of the molecule is N[C@@H](Cc1ccc(Oc2ncnc3c2ccn3Cc2cccc(Br)c2)cc1)C(=O)O. The largest absolute Gasteiger partial charge is 0.480 e. The van der Waals surface area contributed by atoms with Crippen LogP contribution in [-0.4, -0.2) is 31.7 Å².